The predicted molar refractivity (Wildman–Crippen MR) is 96.6 cm³/mol. The predicted octanol–water partition coefficient (Wildman–Crippen LogP) is 3.47. The molecule has 140 valence electrons. The van der Waals surface area contributed by atoms with Crippen LogP contribution in [0.5, 0.6) is 5.88 Å². The number of rotatable bonds is 5. The van der Waals surface area contributed by atoms with E-state index in [1.54, 1.807) is 6.08 Å². The maximum atomic E-state index is 13.4. The van der Waals surface area contributed by atoms with E-state index in [2.05, 4.69) is 5.16 Å². The quantitative estimate of drug-likeness (QED) is 0.753. The Balaban J connectivity index is 1.75. The molecule has 3 unspecified atom stereocenters. The number of ether oxygens (including phenoxy) is 2. The maximum Gasteiger partial charge on any atom is 0.265 e. The summed E-state index contributed by atoms with van der Waals surface area (Å²) in [7, 11) is 1.41. The molecular formula is C21H21NO5. The minimum atomic E-state index is -1.53. The molecule has 0 aliphatic heterocycles. The molecule has 27 heavy (non-hydrogen) atoms. The molecular weight excluding hydrogens is 346 g/mol. The van der Waals surface area contributed by atoms with Crippen LogP contribution in [0.2, 0.25) is 0 Å². The number of carbonyl (C=O) groups excluding carboxylic acids is 2. The molecule has 4 rings (SSSR count). The zero-order chi connectivity index (χ0) is 19.0. The molecule has 0 saturated carbocycles. The summed E-state index contributed by atoms with van der Waals surface area (Å²) in [6.07, 6.45) is 4.51. The van der Waals surface area contributed by atoms with Crippen LogP contribution in [0.4, 0.5) is 0 Å². The highest BCUT2D eigenvalue weighted by Crippen LogP contribution is 2.51. The summed E-state index contributed by atoms with van der Waals surface area (Å²) in [5.74, 6) is -0.590. The molecule has 6 heteroatoms. The number of hydrogen-bond acceptors (Lipinski definition) is 6. The number of Topliss-reactive ketones (excluding diaryl/α,β-unsaturated/α-hetero) is 1. The largest absolute Gasteiger partial charge is 0.470 e. The first-order valence-corrected chi connectivity index (χ1v) is 9.10. The maximum absolute atomic E-state index is 13.4. The van der Waals surface area contributed by atoms with E-state index in [1.165, 1.54) is 13.2 Å². The summed E-state index contributed by atoms with van der Waals surface area (Å²) >= 11 is 0. The molecule has 2 aromatic rings. The number of ketones is 2. The van der Waals surface area contributed by atoms with Crippen molar-refractivity contribution in [1.29, 1.82) is 0 Å². The lowest BCUT2D eigenvalue weighted by molar-refractivity contribution is -0.139. The van der Waals surface area contributed by atoms with Crippen LogP contribution in [0.15, 0.2) is 47.0 Å². The summed E-state index contributed by atoms with van der Waals surface area (Å²) in [6.45, 7) is 2.25. The Morgan fingerprint density at radius 3 is 2.74 bits per heavy atom. The van der Waals surface area contributed by atoms with Crippen molar-refractivity contribution in [3.05, 3.63) is 59.4 Å². The van der Waals surface area contributed by atoms with Crippen molar-refractivity contribution >= 4 is 11.6 Å². The normalized spacial score (nSPS) is 26.6. The fraction of sp³-hybridized carbons (Fsp3) is 0.381. The molecule has 1 aromatic carbocycles. The number of aromatic nitrogens is 1. The lowest BCUT2D eigenvalue weighted by atomic mass is 9.62. The number of carbonyl (C=O) groups is 2. The van der Waals surface area contributed by atoms with Crippen molar-refractivity contribution in [3.63, 3.8) is 0 Å². The molecule has 0 bridgehead atoms. The second kappa shape index (κ2) is 6.78. The fourth-order valence-corrected chi connectivity index (χ4v) is 4.28. The summed E-state index contributed by atoms with van der Waals surface area (Å²) < 4.78 is 16.9. The molecule has 0 radical (unpaired) electrons. The minimum absolute atomic E-state index is 0.120. The van der Waals surface area contributed by atoms with Gasteiger partial charge in [0, 0.05) is 18.9 Å². The first kappa shape index (κ1) is 17.7. The van der Waals surface area contributed by atoms with Gasteiger partial charge >= 0.3 is 0 Å². The molecule has 6 nitrogen and oxygen atoms in total. The van der Waals surface area contributed by atoms with Gasteiger partial charge in [-0.2, -0.15) is 0 Å². The van der Waals surface area contributed by atoms with E-state index in [1.807, 2.05) is 37.3 Å². The lowest BCUT2D eigenvalue weighted by Gasteiger charge is -2.44. The third kappa shape index (κ3) is 2.55. The SMILES string of the molecule is CCC1c2onc(OCc3ccccc3)c2C(=O)C2(OC)C(=O)C=CCC12. The summed E-state index contributed by atoms with van der Waals surface area (Å²) in [6, 6.07) is 9.58. The van der Waals surface area contributed by atoms with Gasteiger partial charge in [-0.3, -0.25) is 9.59 Å². The molecule has 2 aliphatic carbocycles. The van der Waals surface area contributed by atoms with Crippen molar-refractivity contribution in [3.8, 4) is 5.88 Å². The van der Waals surface area contributed by atoms with Crippen LogP contribution in [-0.4, -0.2) is 29.4 Å². The van der Waals surface area contributed by atoms with Crippen LogP contribution in [0.25, 0.3) is 0 Å². The van der Waals surface area contributed by atoms with Crippen LogP contribution in [0.1, 0.15) is 47.4 Å². The number of benzene rings is 1. The molecule has 1 heterocycles. The highest BCUT2D eigenvalue weighted by atomic mass is 16.5. The topological polar surface area (TPSA) is 78.6 Å². The van der Waals surface area contributed by atoms with Crippen molar-refractivity contribution in [2.45, 2.75) is 37.9 Å². The number of nitrogens with zero attached hydrogens (tertiary/aromatic N) is 1. The van der Waals surface area contributed by atoms with Crippen molar-refractivity contribution in [2.75, 3.05) is 7.11 Å². The van der Waals surface area contributed by atoms with Gasteiger partial charge in [-0.1, -0.05) is 43.3 Å². The van der Waals surface area contributed by atoms with Gasteiger partial charge in [0.1, 0.15) is 12.2 Å². The molecule has 1 aromatic heterocycles. The first-order chi connectivity index (χ1) is 13.1. The molecule has 2 aliphatic rings. The van der Waals surface area contributed by atoms with E-state index in [-0.39, 0.29) is 35.7 Å². The van der Waals surface area contributed by atoms with Gasteiger partial charge in [0.05, 0.1) is 0 Å². The third-order valence-electron chi connectivity index (χ3n) is 5.60. The second-order valence-corrected chi connectivity index (χ2v) is 6.89. The van der Waals surface area contributed by atoms with Crippen molar-refractivity contribution in [1.82, 2.24) is 5.16 Å². The van der Waals surface area contributed by atoms with Crippen molar-refractivity contribution < 1.29 is 23.6 Å². The van der Waals surface area contributed by atoms with Crippen LogP contribution in [-0.2, 0) is 16.1 Å². The van der Waals surface area contributed by atoms with Crippen LogP contribution in [0.3, 0.4) is 0 Å². The van der Waals surface area contributed by atoms with E-state index in [0.717, 1.165) is 5.56 Å². The molecule has 0 spiro atoms. The van der Waals surface area contributed by atoms with Crippen LogP contribution in [0, 0.1) is 5.92 Å². The number of methoxy groups -OCH3 is 1. The van der Waals surface area contributed by atoms with Gasteiger partial charge in [-0.25, -0.2) is 0 Å². The minimum Gasteiger partial charge on any atom is -0.470 e. The Morgan fingerprint density at radius 2 is 2.04 bits per heavy atom. The van der Waals surface area contributed by atoms with Gasteiger partial charge in [0.2, 0.25) is 5.78 Å². The van der Waals surface area contributed by atoms with Crippen LogP contribution >= 0.6 is 0 Å². The molecule has 3 atom stereocenters. The Bertz CT molecular complexity index is 901. The Morgan fingerprint density at radius 1 is 1.26 bits per heavy atom. The second-order valence-electron chi connectivity index (χ2n) is 6.89. The van der Waals surface area contributed by atoms with Gasteiger partial charge in [0.25, 0.3) is 5.88 Å². The zero-order valence-corrected chi connectivity index (χ0v) is 15.3. The van der Waals surface area contributed by atoms with Gasteiger partial charge in [0.15, 0.2) is 17.1 Å². The molecule has 0 N–H and O–H groups in total. The first-order valence-electron chi connectivity index (χ1n) is 9.10. The Labute approximate surface area is 157 Å². The summed E-state index contributed by atoms with van der Waals surface area (Å²) in [5, 5.41) is 4.00. The van der Waals surface area contributed by atoms with E-state index < -0.39 is 11.4 Å². The summed E-state index contributed by atoms with van der Waals surface area (Å²) in [5.41, 5.74) is -0.348. The van der Waals surface area contributed by atoms with Crippen molar-refractivity contribution in [2.24, 2.45) is 5.92 Å². The molecule has 0 amide bonds. The molecule has 0 saturated heterocycles. The van der Waals surface area contributed by atoms with Gasteiger partial charge in [-0.15, -0.1) is 0 Å². The standard InChI is InChI=1S/C21H21NO5/c1-3-14-15-10-7-11-16(23)21(15,25-2)19(24)17-18(14)27-22-20(17)26-12-13-8-5-4-6-9-13/h4-9,11,14-15H,3,10,12H2,1-2H3. The highest BCUT2D eigenvalue weighted by Gasteiger charge is 2.61. The Kier molecular flexibility index (Phi) is 4.44. The fourth-order valence-electron chi connectivity index (χ4n) is 4.28. The smallest absolute Gasteiger partial charge is 0.265 e. The summed E-state index contributed by atoms with van der Waals surface area (Å²) in [4.78, 5) is 26.2. The zero-order valence-electron chi connectivity index (χ0n) is 15.3. The highest BCUT2D eigenvalue weighted by molar-refractivity contribution is 6.23. The third-order valence-corrected chi connectivity index (χ3v) is 5.60. The van der Waals surface area contributed by atoms with E-state index in [0.29, 0.717) is 18.6 Å². The van der Waals surface area contributed by atoms with Gasteiger partial charge in [-0.05, 0) is 29.6 Å². The Hall–Kier alpha value is -2.73. The van der Waals surface area contributed by atoms with E-state index in [4.69, 9.17) is 14.0 Å². The van der Waals surface area contributed by atoms with Crippen LogP contribution < -0.4 is 4.74 Å². The number of hydrogen-bond donors (Lipinski definition) is 0. The van der Waals surface area contributed by atoms with E-state index in [9.17, 15) is 9.59 Å². The average Bonchev–Trinajstić information content (AvgIpc) is 3.12. The monoisotopic (exact) mass is 367 g/mol. The number of allylic oxidation sites excluding steroid dienone is 1. The average molecular weight is 367 g/mol. The number of fused-ring (bicyclic) bond motifs is 2. The lowest BCUT2D eigenvalue weighted by Crippen LogP contribution is -2.59. The van der Waals surface area contributed by atoms with Gasteiger partial charge < -0.3 is 14.0 Å². The molecule has 0 fully saturated rings. The van der Waals surface area contributed by atoms with E-state index >= 15 is 0 Å².